The van der Waals surface area contributed by atoms with Crippen LogP contribution in [0.3, 0.4) is 0 Å². The van der Waals surface area contributed by atoms with Crippen molar-refractivity contribution in [2.45, 2.75) is 37.5 Å². The topological polar surface area (TPSA) is 117 Å². The molecule has 1 atom stereocenters. The molecule has 1 aliphatic carbocycles. The van der Waals surface area contributed by atoms with Crippen molar-refractivity contribution in [2.24, 2.45) is 0 Å². The van der Waals surface area contributed by atoms with Crippen LogP contribution in [0.25, 0.3) is 11.4 Å². The highest BCUT2D eigenvalue weighted by atomic mass is 32.2. The van der Waals surface area contributed by atoms with Gasteiger partial charge in [-0.2, -0.15) is 0 Å². The Kier molecular flexibility index (Phi) is 7.36. The molecule has 2 fully saturated rings. The minimum absolute atomic E-state index is 0.00618. The summed E-state index contributed by atoms with van der Waals surface area (Å²) in [6.07, 6.45) is 1.16. The van der Waals surface area contributed by atoms with Crippen LogP contribution in [0.15, 0.2) is 30.3 Å². The number of anilines is 2. The number of thiocarbonyl (C=S) groups is 1. The highest BCUT2D eigenvalue weighted by Crippen LogP contribution is 2.53. The smallest absolute Gasteiger partial charge is 0.170 e. The second-order valence-electron chi connectivity index (χ2n) is 8.63. The second kappa shape index (κ2) is 10.1. The number of nitrogens with one attached hydrogen (secondary N) is 2. The van der Waals surface area contributed by atoms with E-state index < -0.39 is 14.6 Å². The minimum Gasteiger partial charge on any atom is -0.395 e. The summed E-state index contributed by atoms with van der Waals surface area (Å²) in [7, 11) is -3.31. The first-order chi connectivity index (χ1) is 16.3. The zero-order valence-corrected chi connectivity index (χ0v) is 21.1. The molecular weight excluding hydrogens is 474 g/mol. The molecule has 2 aliphatic rings. The normalized spacial score (nSPS) is 19.5. The minimum atomic E-state index is -3.31. The SMILES string of the molecule is CCS(=O)(=O)C1(c2cc(N3CCOC[C@@H]3C)nc(-c3ccc(NC(=S)NCCO)cc3)n2)CC1. The van der Waals surface area contributed by atoms with Crippen LogP contribution in [0.5, 0.6) is 0 Å². The van der Waals surface area contributed by atoms with Gasteiger partial charge in [0.05, 0.1) is 31.6 Å². The van der Waals surface area contributed by atoms with Crippen LogP contribution in [0, 0.1) is 0 Å². The monoisotopic (exact) mass is 505 g/mol. The molecule has 0 amide bonds. The number of nitrogens with zero attached hydrogens (tertiary/aromatic N) is 3. The molecule has 11 heteroatoms. The number of rotatable bonds is 8. The maximum Gasteiger partial charge on any atom is 0.170 e. The van der Waals surface area contributed by atoms with Crippen LogP contribution < -0.4 is 15.5 Å². The quantitative estimate of drug-likeness (QED) is 0.460. The summed E-state index contributed by atoms with van der Waals surface area (Å²) in [5.41, 5.74) is 2.14. The Morgan fingerprint density at radius 3 is 2.65 bits per heavy atom. The van der Waals surface area contributed by atoms with Gasteiger partial charge < -0.3 is 25.4 Å². The number of morpholine rings is 1. The van der Waals surface area contributed by atoms with Gasteiger partial charge in [-0.3, -0.25) is 0 Å². The van der Waals surface area contributed by atoms with Crippen molar-refractivity contribution in [3.8, 4) is 11.4 Å². The van der Waals surface area contributed by atoms with Crippen molar-refractivity contribution in [1.29, 1.82) is 0 Å². The fourth-order valence-corrected chi connectivity index (χ4v) is 6.09. The first kappa shape index (κ1) is 24.8. The van der Waals surface area contributed by atoms with Crippen molar-refractivity contribution >= 4 is 38.7 Å². The maximum absolute atomic E-state index is 13.0. The highest BCUT2D eigenvalue weighted by molar-refractivity contribution is 7.92. The largest absolute Gasteiger partial charge is 0.395 e. The molecule has 0 spiro atoms. The molecule has 3 N–H and O–H groups in total. The van der Waals surface area contributed by atoms with Gasteiger partial charge in [0.2, 0.25) is 0 Å². The van der Waals surface area contributed by atoms with Gasteiger partial charge in [-0.05, 0) is 56.2 Å². The summed E-state index contributed by atoms with van der Waals surface area (Å²) in [5.74, 6) is 1.31. The zero-order chi connectivity index (χ0) is 24.3. The Morgan fingerprint density at radius 2 is 2.03 bits per heavy atom. The maximum atomic E-state index is 13.0. The van der Waals surface area contributed by atoms with Gasteiger partial charge in [-0.15, -0.1) is 0 Å². The summed E-state index contributed by atoms with van der Waals surface area (Å²) in [6, 6.07) is 9.48. The molecular formula is C23H31N5O4S2. The molecule has 0 unspecified atom stereocenters. The molecule has 4 rings (SSSR count). The van der Waals surface area contributed by atoms with E-state index in [0.29, 0.717) is 55.8 Å². The zero-order valence-electron chi connectivity index (χ0n) is 19.5. The Labute approximate surface area is 205 Å². The molecule has 34 heavy (non-hydrogen) atoms. The van der Waals surface area contributed by atoms with Gasteiger partial charge in [0.1, 0.15) is 10.6 Å². The number of aromatic nitrogens is 2. The summed E-state index contributed by atoms with van der Waals surface area (Å²) >= 11 is 5.21. The lowest BCUT2D eigenvalue weighted by molar-refractivity contribution is 0.0985. The van der Waals surface area contributed by atoms with Gasteiger partial charge >= 0.3 is 0 Å². The van der Waals surface area contributed by atoms with E-state index in [-0.39, 0.29) is 18.4 Å². The lowest BCUT2D eigenvalue weighted by Crippen LogP contribution is -2.44. The second-order valence-corrected chi connectivity index (χ2v) is 11.6. The molecule has 0 radical (unpaired) electrons. The molecule has 9 nitrogen and oxygen atoms in total. The third kappa shape index (κ3) is 5.02. The van der Waals surface area contributed by atoms with E-state index in [9.17, 15) is 8.42 Å². The highest BCUT2D eigenvalue weighted by Gasteiger charge is 2.56. The number of hydrogen-bond donors (Lipinski definition) is 3. The lowest BCUT2D eigenvalue weighted by Gasteiger charge is -2.34. The molecule has 2 heterocycles. The van der Waals surface area contributed by atoms with E-state index in [0.717, 1.165) is 17.1 Å². The molecule has 1 aromatic heterocycles. The van der Waals surface area contributed by atoms with E-state index in [2.05, 4.69) is 22.5 Å². The molecule has 1 saturated carbocycles. The average molecular weight is 506 g/mol. The number of aliphatic hydroxyl groups is 1. The van der Waals surface area contributed by atoms with Gasteiger partial charge in [0.15, 0.2) is 20.8 Å². The third-order valence-corrected chi connectivity index (χ3v) is 9.13. The number of sulfone groups is 1. The number of aliphatic hydroxyl groups excluding tert-OH is 1. The van der Waals surface area contributed by atoms with E-state index >= 15 is 0 Å². The van der Waals surface area contributed by atoms with Crippen molar-refractivity contribution in [3.63, 3.8) is 0 Å². The van der Waals surface area contributed by atoms with Crippen LogP contribution in [-0.2, 0) is 19.3 Å². The number of hydrogen-bond acceptors (Lipinski definition) is 8. The Hall–Kier alpha value is -2.34. The Bertz CT molecular complexity index is 1140. The van der Waals surface area contributed by atoms with Crippen LogP contribution in [0.2, 0.25) is 0 Å². The average Bonchev–Trinajstić information content (AvgIpc) is 3.66. The molecule has 1 aliphatic heterocycles. The fraction of sp³-hybridized carbons (Fsp3) is 0.522. The van der Waals surface area contributed by atoms with E-state index in [4.69, 9.17) is 32.0 Å². The molecule has 1 aromatic carbocycles. The molecule has 2 aromatic rings. The van der Waals surface area contributed by atoms with E-state index in [1.54, 1.807) is 6.92 Å². The summed E-state index contributed by atoms with van der Waals surface area (Å²) in [6.45, 7) is 6.01. The first-order valence-corrected chi connectivity index (χ1v) is 13.6. The van der Waals surface area contributed by atoms with Crippen LogP contribution in [0.4, 0.5) is 11.5 Å². The van der Waals surface area contributed by atoms with Crippen molar-refractivity contribution in [1.82, 2.24) is 15.3 Å². The third-order valence-electron chi connectivity index (χ3n) is 6.32. The van der Waals surface area contributed by atoms with Crippen molar-refractivity contribution in [3.05, 3.63) is 36.0 Å². The standard InChI is InChI=1S/C23H31N5O4S2/c1-3-34(30,31)23(8-9-23)19-14-20(28-11-13-32-15-16(28)2)27-21(26-19)17-4-6-18(7-5-17)25-22(33)24-10-12-29/h4-7,14,16,29H,3,8-13,15H2,1-2H3,(H2,24,25,33)/t16-/m0/s1. The van der Waals surface area contributed by atoms with Crippen LogP contribution in [-0.4, -0.2) is 73.3 Å². The van der Waals surface area contributed by atoms with Gasteiger partial charge in [-0.25, -0.2) is 18.4 Å². The predicted octanol–water partition coefficient (Wildman–Crippen LogP) is 2.07. The summed E-state index contributed by atoms with van der Waals surface area (Å²) in [5, 5.41) is 15.3. The van der Waals surface area contributed by atoms with Gasteiger partial charge in [-0.1, -0.05) is 6.92 Å². The first-order valence-electron chi connectivity index (χ1n) is 11.5. The van der Waals surface area contributed by atoms with Gasteiger partial charge in [0, 0.05) is 36.2 Å². The predicted molar refractivity (Wildman–Crippen MR) is 137 cm³/mol. The van der Waals surface area contributed by atoms with E-state index in [1.807, 2.05) is 30.3 Å². The lowest BCUT2D eigenvalue weighted by atomic mass is 10.1. The van der Waals surface area contributed by atoms with Gasteiger partial charge in [0.25, 0.3) is 0 Å². The molecule has 0 bridgehead atoms. The molecule has 184 valence electrons. The number of ether oxygens (including phenoxy) is 1. The molecule has 1 saturated heterocycles. The fourth-order valence-electron chi connectivity index (χ4n) is 4.18. The Balaban J connectivity index is 1.69. The summed E-state index contributed by atoms with van der Waals surface area (Å²) < 4.78 is 30.6. The van der Waals surface area contributed by atoms with Crippen LogP contribution in [0.1, 0.15) is 32.4 Å². The van der Waals surface area contributed by atoms with Crippen molar-refractivity contribution < 1.29 is 18.3 Å². The number of benzene rings is 1. The summed E-state index contributed by atoms with van der Waals surface area (Å²) in [4.78, 5) is 11.8. The van der Waals surface area contributed by atoms with Crippen LogP contribution >= 0.6 is 12.2 Å². The van der Waals surface area contributed by atoms with E-state index in [1.165, 1.54) is 0 Å². The van der Waals surface area contributed by atoms with Crippen molar-refractivity contribution in [2.75, 3.05) is 48.9 Å². The Morgan fingerprint density at radius 1 is 1.29 bits per heavy atom.